The summed E-state index contributed by atoms with van der Waals surface area (Å²) in [6, 6.07) is 10.1. The number of nitrogens with one attached hydrogen (secondary N) is 1. The number of fused-ring (bicyclic) bond motifs is 3. The Balaban J connectivity index is 1.22. The summed E-state index contributed by atoms with van der Waals surface area (Å²) in [5, 5.41) is 4.08. The third-order valence-corrected chi connectivity index (χ3v) is 10.8. The van der Waals surface area contributed by atoms with E-state index >= 15 is 0 Å². The van der Waals surface area contributed by atoms with E-state index in [9.17, 15) is 18.0 Å². The minimum absolute atomic E-state index is 0.00326. The van der Waals surface area contributed by atoms with Crippen LogP contribution in [0.1, 0.15) is 82.1 Å². The first-order valence-electron chi connectivity index (χ1n) is 15.5. The largest absolute Gasteiger partial charge is 0.349 e. The molecule has 3 atom stereocenters. The maximum atomic E-state index is 13.4. The van der Waals surface area contributed by atoms with Crippen LogP contribution >= 0.6 is 0 Å². The monoisotopic (exact) mass is 585 g/mol. The highest BCUT2D eigenvalue weighted by atomic mass is 32.2. The summed E-state index contributed by atoms with van der Waals surface area (Å²) in [6.07, 6.45) is 8.01. The van der Waals surface area contributed by atoms with Gasteiger partial charge in [-0.15, -0.1) is 0 Å². The molecule has 9 nitrogen and oxygen atoms in total. The van der Waals surface area contributed by atoms with E-state index in [4.69, 9.17) is 0 Å². The number of rotatable bonds is 10. The lowest BCUT2D eigenvalue weighted by Crippen LogP contribution is -2.54. The van der Waals surface area contributed by atoms with E-state index in [1.165, 1.54) is 6.26 Å². The number of sulfonamides is 1. The Hall–Kier alpha value is -2.27. The SMILES string of the molecule is CCCN1CCC(N(CCN2[C@@H]3CC[C@H]2CC(NC(=O)c2cc4ccccc4n(C(C)C)c2=O)C3)S(C)(=O)=O)CC1. The van der Waals surface area contributed by atoms with Crippen LogP contribution in [0.4, 0.5) is 0 Å². The second-order valence-electron chi connectivity index (χ2n) is 12.6. The van der Waals surface area contributed by atoms with E-state index in [1.807, 2.05) is 38.1 Å². The summed E-state index contributed by atoms with van der Waals surface area (Å²) in [4.78, 5) is 31.7. The Bertz CT molecular complexity index is 1380. The second-order valence-corrected chi connectivity index (χ2v) is 14.5. The number of carbonyl (C=O) groups excluding carboxylic acids is 1. The number of nitrogens with zero attached hydrogens (tertiary/aromatic N) is 4. The zero-order valence-electron chi connectivity index (χ0n) is 25.1. The van der Waals surface area contributed by atoms with Gasteiger partial charge in [-0.3, -0.25) is 14.5 Å². The summed E-state index contributed by atoms with van der Waals surface area (Å²) >= 11 is 0. The summed E-state index contributed by atoms with van der Waals surface area (Å²) < 4.78 is 29.0. The summed E-state index contributed by atoms with van der Waals surface area (Å²) in [7, 11) is -3.30. The number of aromatic nitrogens is 1. The highest BCUT2D eigenvalue weighted by molar-refractivity contribution is 7.88. The fourth-order valence-corrected chi connectivity index (χ4v) is 8.73. The third kappa shape index (κ3) is 6.55. The third-order valence-electron chi connectivity index (χ3n) is 9.43. The lowest BCUT2D eigenvalue weighted by molar-refractivity contribution is 0.0806. The Morgan fingerprint density at radius 2 is 1.71 bits per heavy atom. The zero-order valence-corrected chi connectivity index (χ0v) is 25.9. The molecule has 1 unspecified atom stereocenters. The summed E-state index contributed by atoms with van der Waals surface area (Å²) in [5.41, 5.74) is 0.781. The van der Waals surface area contributed by atoms with Gasteiger partial charge in [0, 0.05) is 43.3 Å². The van der Waals surface area contributed by atoms with Gasteiger partial charge in [0.05, 0.1) is 11.8 Å². The highest BCUT2D eigenvalue weighted by Crippen LogP contribution is 2.36. The first-order chi connectivity index (χ1) is 19.6. The number of likely N-dealkylation sites (tertiary alicyclic amines) is 1. The van der Waals surface area contributed by atoms with Crippen molar-refractivity contribution in [1.29, 1.82) is 0 Å². The van der Waals surface area contributed by atoms with Crippen molar-refractivity contribution >= 4 is 26.8 Å². The highest BCUT2D eigenvalue weighted by Gasteiger charge is 2.42. The number of carbonyl (C=O) groups is 1. The molecule has 5 rings (SSSR count). The number of hydrogen-bond acceptors (Lipinski definition) is 6. The molecule has 0 radical (unpaired) electrons. The van der Waals surface area contributed by atoms with Gasteiger partial charge >= 0.3 is 0 Å². The molecule has 41 heavy (non-hydrogen) atoms. The molecule has 3 saturated heterocycles. The molecule has 2 aromatic rings. The van der Waals surface area contributed by atoms with Crippen LogP contribution < -0.4 is 10.9 Å². The maximum absolute atomic E-state index is 13.4. The number of pyridine rings is 1. The molecule has 1 aromatic heterocycles. The summed E-state index contributed by atoms with van der Waals surface area (Å²) in [5.74, 6) is -0.300. The van der Waals surface area contributed by atoms with Gasteiger partial charge < -0.3 is 14.8 Å². The van der Waals surface area contributed by atoms with Crippen LogP contribution in [0.5, 0.6) is 0 Å². The predicted octanol–water partition coefficient (Wildman–Crippen LogP) is 3.44. The van der Waals surface area contributed by atoms with Crippen LogP contribution in [0.15, 0.2) is 35.1 Å². The molecule has 3 aliphatic rings. The average molecular weight is 586 g/mol. The second kappa shape index (κ2) is 12.5. The fraction of sp³-hybridized carbons (Fsp3) is 0.677. The van der Waals surface area contributed by atoms with Crippen molar-refractivity contribution < 1.29 is 13.2 Å². The first kappa shape index (κ1) is 30.2. The van der Waals surface area contributed by atoms with Crippen LogP contribution in [0.2, 0.25) is 0 Å². The minimum atomic E-state index is -3.30. The standard InChI is InChI=1S/C31H47N5O4S/c1-5-14-33-15-12-25(13-16-33)35(41(4,39)40)18-17-34-26-10-11-27(34)21-24(20-26)32-30(37)28-19-23-8-6-7-9-29(23)36(22(2)3)31(28)38/h6-9,19,22,24-27H,5,10-18,20-21H2,1-4H3,(H,32,37)/t24?,26-,27+. The molecule has 1 aromatic carbocycles. The predicted molar refractivity (Wildman–Crippen MR) is 164 cm³/mol. The van der Waals surface area contributed by atoms with Gasteiger partial charge in [-0.1, -0.05) is 25.1 Å². The Morgan fingerprint density at radius 1 is 1.05 bits per heavy atom. The first-order valence-corrected chi connectivity index (χ1v) is 17.3. The van der Waals surface area contributed by atoms with Gasteiger partial charge in [0.15, 0.2) is 0 Å². The molecule has 0 saturated carbocycles. The Kier molecular flexibility index (Phi) is 9.23. The molecule has 0 spiro atoms. The fourth-order valence-electron chi connectivity index (χ4n) is 7.56. The number of hydrogen-bond donors (Lipinski definition) is 1. The van der Waals surface area contributed by atoms with Crippen LogP contribution in [-0.2, 0) is 10.0 Å². The minimum Gasteiger partial charge on any atom is -0.349 e. The van der Waals surface area contributed by atoms with Gasteiger partial charge in [-0.05, 0) is 95.9 Å². The molecule has 2 bridgehead atoms. The molecule has 10 heteroatoms. The molecule has 0 aliphatic carbocycles. The molecule has 4 heterocycles. The number of benzene rings is 1. The topological polar surface area (TPSA) is 95.0 Å². The van der Waals surface area contributed by atoms with Gasteiger partial charge in [-0.2, -0.15) is 4.31 Å². The van der Waals surface area contributed by atoms with Crippen LogP contribution in [-0.4, -0.2) is 96.1 Å². The van der Waals surface area contributed by atoms with E-state index < -0.39 is 10.0 Å². The van der Waals surface area contributed by atoms with Crippen LogP contribution in [0, 0.1) is 0 Å². The van der Waals surface area contributed by atoms with Crippen molar-refractivity contribution in [3.63, 3.8) is 0 Å². The molecular formula is C31H47N5O4S. The molecule has 1 amide bonds. The lowest BCUT2D eigenvalue weighted by atomic mass is 9.96. The maximum Gasteiger partial charge on any atom is 0.264 e. The number of para-hydroxylation sites is 1. The smallest absolute Gasteiger partial charge is 0.264 e. The van der Waals surface area contributed by atoms with Crippen molar-refractivity contribution in [2.75, 3.05) is 39.0 Å². The van der Waals surface area contributed by atoms with E-state index in [0.29, 0.717) is 18.6 Å². The van der Waals surface area contributed by atoms with Gasteiger partial charge in [0.1, 0.15) is 5.56 Å². The Morgan fingerprint density at radius 3 is 2.32 bits per heavy atom. The van der Waals surface area contributed by atoms with E-state index in [0.717, 1.165) is 82.0 Å². The van der Waals surface area contributed by atoms with E-state index in [2.05, 4.69) is 22.0 Å². The van der Waals surface area contributed by atoms with Gasteiger partial charge in [0.2, 0.25) is 10.0 Å². The van der Waals surface area contributed by atoms with Crippen molar-refractivity contribution in [2.45, 2.75) is 95.9 Å². The van der Waals surface area contributed by atoms with Crippen LogP contribution in [0.3, 0.4) is 0 Å². The molecule has 3 aliphatic heterocycles. The molecular weight excluding hydrogens is 538 g/mol. The number of piperidine rings is 2. The summed E-state index contributed by atoms with van der Waals surface area (Å²) in [6.45, 7) is 10.3. The van der Waals surface area contributed by atoms with E-state index in [1.54, 1.807) is 14.9 Å². The van der Waals surface area contributed by atoms with Crippen molar-refractivity contribution in [3.05, 3.63) is 46.2 Å². The lowest BCUT2D eigenvalue weighted by Gasteiger charge is -2.41. The van der Waals surface area contributed by atoms with Gasteiger partial charge in [-0.25, -0.2) is 8.42 Å². The van der Waals surface area contributed by atoms with Crippen molar-refractivity contribution in [1.82, 2.24) is 24.0 Å². The quantitative estimate of drug-likeness (QED) is 0.459. The van der Waals surface area contributed by atoms with Crippen molar-refractivity contribution in [3.8, 4) is 0 Å². The Labute approximate surface area is 244 Å². The molecule has 1 N–H and O–H groups in total. The number of amides is 1. The van der Waals surface area contributed by atoms with Crippen LogP contribution in [0.25, 0.3) is 10.9 Å². The molecule has 3 fully saturated rings. The van der Waals surface area contributed by atoms with Crippen molar-refractivity contribution in [2.24, 2.45) is 0 Å². The zero-order chi connectivity index (χ0) is 29.3. The normalized spacial score (nSPS) is 24.5. The van der Waals surface area contributed by atoms with Gasteiger partial charge in [0.25, 0.3) is 11.5 Å². The average Bonchev–Trinajstić information content (AvgIpc) is 3.15. The van der Waals surface area contributed by atoms with E-state index in [-0.39, 0.29) is 35.2 Å². The molecule has 226 valence electrons.